The van der Waals surface area contributed by atoms with Gasteiger partial charge in [-0.2, -0.15) is 0 Å². The molecule has 3 aliphatic heterocycles. The number of rotatable bonds is 13. The van der Waals surface area contributed by atoms with Crippen LogP contribution in [0.15, 0.2) is 28.0 Å². The van der Waals surface area contributed by atoms with Gasteiger partial charge >= 0.3 is 11.7 Å². The van der Waals surface area contributed by atoms with Crippen molar-refractivity contribution >= 4 is 5.97 Å². The molecule has 0 spiro atoms. The molecular formula is C47H81N7O14. The number of hydrogen-bond donors (Lipinski definition) is 6. The first kappa shape index (κ1) is 55.7. The number of carbonyl (C=O) groups is 1. The summed E-state index contributed by atoms with van der Waals surface area (Å²) in [5.74, 6) is -2.84. The van der Waals surface area contributed by atoms with Crippen LogP contribution in [0.5, 0.6) is 0 Å². The monoisotopic (exact) mass is 968 g/mol. The zero-order chi connectivity index (χ0) is 50.6. The fourth-order valence-electron chi connectivity index (χ4n) is 10.5. The molecule has 0 aromatic carbocycles. The number of hydrogen-bond acceptors (Lipinski definition) is 18. The SMILES string of the molecule is CC[C@H]1OC(=O)[C@H](C)[C@@H](O[C@H]2C[C@@](C)(OC)[C@@H](O)[C@H](C)O2)[C@H](C)[C@@H](O[C@@H]2O[C@H](C)C[C@H](N(C)CCc3cn(CCn4ccc(=O)[nH]c4=O)nn3)[C@H]2O)[C@](C)(O)C[C@@H](C)CN(C)[C@H](C)[C@@H](O)[C@]1(C)O. The van der Waals surface area contributed by atoms with Crippen LogP contribution in [0.3, 0.4) is 0 Å². The number of H-pyrrole nitrogens is 1. The third-order valence-corrected chi connectivity index (χ3v) is 14.9. The number of methoxy groups -OCH3 is 1. The Morgan fingerprint density at radius 2 is 1.66 bits per heavy atom. The molecule has 6 N–H and O–H groups in total. The molecule has 21 nitrogen and oxygen atoms in total. The van der Waals surface area contributed by atoms with Gasteiger partial charge in [-0.05, 0) is 87.7 Å². The van der Waals surface area contributed by atoms with Crippen LogP contribution in [0.1, 0.15) is 101 Å². The molecule has 3 aliphatic rings. The molecule has 0 aliphatic carbocycles. The summed E-state index contributed by atoms with van der Waals surface area (Å²) in [6.45, 7) is 18.9. The second kappa shape index (κ2) is 22.9. The van der Waals surface area contributed by atoms with Gasteiger partial charge in [0.15, 0.2) is 12.6 Å². The summed E-state index contributed by atoms with van der Waals surface area (Å²) in [5.41, 5.74) is -4.85. The average molecular weight is 968 g/mol. The van der Waals surface area contributed by atoms with Crippen LogP contribution in [0, 0.1) is 17.8 Å². The molecule has 2 aromatic rings. The molecule has 3 saturated heterocycles. The highest BCUT2D eigenvalue weighted by Crippen LogP contribution is 2.40. The molecule has 2 aromatic heterocycles. The van der Waals surface area contributed by atoms with E-state index < -0.39 is 113 Å². The summed E-state index contributed by atoms with van der Waals surface area (Å²) in [4.78, 5) is 44.2. The lowest BCUT2D eigenvalue weighted by molar-refractivity contribution is -0.318. The molecule has 5 heterocycles. The van der Waals surface area contributed by atoms with E-state index in [-0.39, 0.29) is 37.8 Å². The first-order valence-electron chi connectivity index (χ1n) is 24.2. The maximum atomic E-state index is 14.4. The van der Waals surface area contributed by atoms with E-state index in [2.05, 4.69) is 15.3 Å². The fourth-order valence-corrected chi connectivity index (χ4v) is 10.5. The number of aliphatic hydroxyl groups is 5. The summed E-state index contributed by atoms with van der Waals surface area (Å²) < 4.78 is 41.1. The van der Waals surface area contributed by atoms with Gasteiger partial charge in [0.25, 0.3) is 5.56 Å². The smallest absolute Gasteiger partial charge is 0.328 e. The highest BCUT2D eigenvalue weighted by atomic mass is 16.7. The number of ether oxygens (including phenoxy) is 6. The number of carbonyl (C=O) groups excluding carboxylic acids is 1. The zero-order valence-corrected chi connectivity index (χ0v) is 42.3. The molecule has 68 heavy (non-hydrogen) atoms. The number of aromatic amines is 1. The lowest BCUT2D eigenvalue weighted by Gasteiger charge is -2.49. The summed E-state index contributed by atoms with van der Waals surface area (Å²) >= 11 is 0. The first-order chi connectivity index (χ1) is 31.7. The summed E-state index contributed by atoms with van der Waals surface area (Å²) in [5, 5.41) is 68.0. The lowest BCUT2D eigenvalue weighted by Crippen LogP contribution is -2.61. The number of aryl methyl sites for hydroxylation is 2. The fraction of sp³-hybridized carbons (Fsp3) is 0.851. The number of nitrogens with zero attached hydrogens (tertiary/aromatic N) is 6. The molecule has 0 radical (unpaired) electrons. The van der Waals surface area contributed by atoms with Gasteiger partial charge in [0.05, 0.1) is 53.8 Å². The van der Waals surface area contributed by atoms with Gasteiger partial charge in [-0.15, -0.1) is 5.10 Å². The van der Waals surface area contributed by atoms with Crippen molar-refractivity contribution in [3.8, 4) is 0 Å². The molecule has 21 heteroatoms. The Kier molecular flexibility index (Phi) is 18.8. The molecule has 0 unspecified atom stereocenters. The Bertz CT molecular complexity index is 2050. The van der Waals surface area contributed by atoms with Gasteiger partial charge in [0.1, 0.15) is 30.0 Å². The number of aromatic nitrogens is 5. The van der Waals surface area contributed by atoms with E-state index in [0.717, 1.165) is 0 Å². The van der Waals surface area contributed by atoms with E-state index in [9.17, 15) is 39.9 Å². The minimum atomic E-state index is -1.85. The lowest BCUT2D eigenvalue weighted by atomic mass is 9.77. The van der Waals surface area contributed by atoms with Gasteiger partial charge in [0, 0.05) is 76.0 Å². The Labute approximate surface area is 400 Å². The number of cyclic esters (lactones) is 1. The van der Waals surface area contributed by atoms with Crippen LogP contribution < -0.4 is 11.2 Å². The number of likely N-dealkylation sites (N-methyl/N-ethyl adjacent to an activating group) is 2. The topological polar surface area (TPSA) is 266 Å². The summed E-state index contributed by atoms with van der Waals surface area (Å²) in [7, 11) is 5.21. The first-order valence-corrected chi connectivity index (χ1v) is 24.2. The Morgan fingerprint density at radius 1 is 0.971 bits per heavy atom. The van der Waals surface area contributed by atoms with Crippen LogP contribution in [-0.2, 0) is 52.7 Å². The predicted molar refractivity (Wildman–Crippen MR) is 248 cm³/mol. The molecular weight excluding hydrogens is 887 g/mol. The van der Waals surface area contributed by atoms with Gasteiger partial charge in [0.2, 0.25) is 0 Å². The molecule has 0 amide bonds. The highest BCUT2D eigenvalue weighted by molar-refractivity contribution is 5.73. The maximum Gasteiger partial charge on any atom is 0.328 e. The van der Waals surface area contributed by atoms with Crippen molar-refractivity contribution in [1.29, 1.82) is 0 Å². The van der Waals surface area contributed by atoms with Crippen molar-refractivity contribution in [3.63, 3.8) is 0 Å². The van der Waals surface area contributed by atoms with Crippen LogP contribution in [0.25, 0.3) is 0 Å². The number of esters is 1. The van der Waals surface area contributed by atoms with E-state index in [0.29, 0.717) is 38.2 Å². The van der Waals surface area contributed by atoms with Crippen LogP contribution >= 0.6 is 0 Å². The van der Waals surface area contributed by atoms with Crippen LogP contribution in [0.4, 0.5) is 0 Å². The van der Waals surface area contributed by atoms with Gasteiger partial charge in [-0.3, -0.25) is 23.8 Å². The summed E-state index contributed by atoms with van der Waals surface area (Å²) in [6.07, 6.45) is -5.58. The minimum absolute atomic E-state index is 0.0893. The third kappa shape index (κ3) is 13.0. The van der Waals surface area contributed by atoms with Gasteiger partial charge in [-0.1, -0.05) is 26.0 Å². The van der Waals surface area contributed by atoms with Crippen molar-refractivity contribution in [2.75, 3.05) is 34.3 Å². The zero-order valence-electron chi connectivity index (χ0n) is 42.3. The maximum absolute atomic E-state index is 14.4. The Morgan fingerprint density at radius 3 is 2.31 bits per heavy atom. The molecule has 388 valence electrons. The number of aliphatic hydroxyl groups excluding tert-OH is 3. The second-order valence-electron chi connectivity index (χ2n) is 20.7. The van der Waals surface area contributed by atoms with Crippen LogP contribution in [0.2, 0.25) is 0 Å². The molecule has 0 bridgehead atoms. The third-order valence-electron chi connectivity index (χ3n) is 14.9. The normalized spacial score (nSPS) is 40.7. The van der Waals surface area contributed by atoms with Crippen molar-refractivity contribution in [2.45, 2.75) is 205 Å². The van der Waals surface area contributed by atoms with E-state index in [1.54, 1.807) is 59.3 Å². The molecule has 18 atom stereocenters. The van der Waals surface area contributed by atoms with E-state index >= 15 is 0 Å². The summed E-state index contributed by atoms with van der Waals surface area (Å²) in [6, 6.07) is 0.243. The number of nitrogens with one attached hydrogen (secondary N) is 1. The molecule has 3 fully saturated rings. The van der Waals surface area contributed by atoms with Crippen molar-refractivity contribution in [3.05, 3.63) is 45.0 Å². The van der Waals surface area contributed by atoms with Crippen molar-refractivity contribution in [1.82, 2.24) is 34.3 Å². The Balaban J connectivity index is 1.44. The standard InChI is InChI=1S/C47H81N7O14/c1-14-34-47(10,62)39(57)30(6)52(12)24-26(2)22-45(8,61)41(28(4)38(29(5)42(59)66-34)67-36-23-46(9,63-13)40(58)31(7)65-36)68-43-37(56)33(21-27(3)64-43)51(11)17-15-32-25-54(50-49-32)20-19-53-18-16-35(55)48-44(53)60/h16,18,25-31,33-34,36-41,43,56-58,61-62H,14-15,17,19-24H2,1-13H3,(H,48,55,60)/t26-,27-,28+,29-,30-,31+,33+,34-,36+,37-,38+,39-,40+,41-,43+,45-,46-,47-/m1/s1. The van der Waals surface area contributed by atoms with E-state index in [1.807, 2.05) is 37.7 Å². The second-order valence-corrected chi connectivity index (χ2v) is 20.7. The van der Waals surface area contributed by atoms with E-state index in [4.69, 9.17) is 28.4 Å². The molecule has 0 saturated carbocycles. The Hall–Kier alpha value is -3.19. The highest BCUT2D eigenvalue weighted by Gasteiger charge is 2.53. The predicted octanol–water partition coefficient (Wildman–Crippen LogP) is 0.655. The van der Waals surface area contributed by atoms with Gasteiger partial charge in [-0.25, -0.2) is 4.79 Å². The molecule has 5 rings (SSSR count). The largest absolute Gasteiger partial charge is 0.459 e. The van der Waals surface area contributed by atoms with Crippen molar-refractivity contribution in [2.24, 2.45) is 17.8 Å². The van der Waals surface area contributed by atoms with Crippen molar-refractivity contribution < 1.29 is 58.7 Å². The van der Waals surface area contributed by atoms with Gasteiger partial charge < -0.3 is 63.8 Å². The minimum Gasteiger partial charge on any atom is -0.459 e. The van der Waals surface area contributed by atoms with Crippen LogP contribution in [-0.4, -0.2) is 190 Å². The van der Waals surface area contributed by atoms with E-state index in [1.165, 1.54) is 30.9 Å². The quantitative estimate of drug-likeness (QED) is 0.151. The average Bonchev–Trinajstić information content (AvgIpc) is 3.73.